The summed E-state index contributed by atoms with van der Waals surface area (Å²) in [6.07, 6.45) is 0. The lowest BCUT2D eigenvalue weighted by molar-refractivity contribution is 0.0671. The second-order valence-corrected chi connectivity index (χ2v) is 9.50. The summed E-state index contributed by atoms with van der Waals surface area (Å²) in [5, 5.41) is 9.83. The molecule has 0 saturated carbocycles. The van der Waals surface area contributed by atoms with E-state index in [-0.39, 0.29) is 18.1 Å². The Kier molecular flexibility index (Phi) is 6.53. The zero-order valence-electron chi connectivity index (χ0n) is 22.3. The number of aromatic carboxylic acids is 1. The number of carboxylic acid groups (broad SMARTS) is 1. The predicted octanol–water partition coefficient (Wildman–Crippen LogP) is 4.85. The van der Waals surface area contributed by atoms with E-state index in [9.17, 15) is 14.7 Å². The van der Waals surface area contributed by atoms with Gasteiger partial charge in [0.1, 0.15) is 17.0 Å². The van der Waals surface area contributed by atoms with E-state index >= 15 is 0 Å². The predicted molar refractivity (Wildman–Crippen MR) is 149 cm³/mol. The smallest absolute Gasteiger partial charge is 0.335 e. The maximum Gasteiger partial charge on any atom is 0.335 e. The Morgan fingerprint density at radius 3 is 1.82 bits per heavy atom. The Hall–Kier alpha value is -4.04. The number of carbonyl (C=O) groups excluding carboxylic acids is 1. The molecule has 5 rings (SSSR count). The fourth-order valence-corrected chi connectivity index (χ4v) is 6.03. The highest BCUT2D eigenvalue weighted by Crippen LogP contribution is 2.58. The van der Waals surface area contributed by atoms with E-state index in [4.69, 9.17) is 10.5 Å². The molecule has 0 aliphatic carbocycles. The van der Waals surface area contributed by atoms with Gasteiger partial charge in [-0.25, -0.2) is 4.79 Å². The van der Waals surface area contributed by atoms with Crippen LogP contribution in [-0.2, 0) is 5.54 Å². The maximum atomic E-state index is 13.8. The average Bonchev–Trinajstić information content (AvgIpc) is 3.17. The Bertz CT molecular complexity index is 1350. The minimum atomic E-state index is -1.13. The molecule has 0 aromatic heterocycles. The molecule has 3 N–H and O–H groups in total. The van der Waals surface area contributed by atoms with Crippen LogP contribution in [0.1, 0.15) is 65.1 Å². The van der Waals surface area contributed by atoms with Gasteiger partial charge in [0.05, 0.1) is 12.2 Å². The number of hydrogen-bond donors (Lipinski definition) is 2. The van der Waals surface area contributed by atoms with E-state index in [2.05, 4.69) is 37.5 Å². The zero-order valence-corrected chi connectivity index (χ0v) is 22.3. The average molecular weight is 515 g/mol. The highest BCUT2D eigenvalue weighted by molar-refractivity contribution is 6.03. The minimum Gasteiger partial charge on any atom is -0.478 e. The summed E-state index contributed by atoms with van der Waals surface area (Å²) >= 11 is 0. The first kappa shape index (κ1) is 25.6. The normalized spacial score (nSPS) is 14.6. The van der Waals surface area contributed by atoms with E-state index in [1.165, 1.54) is 6.07 Å². The van der Waals surface area contributed by atoms with Crippen LogP contribution in [0.25, 0.3) is 0 Å². The van der Waals surface area contributed by atoms with Gasteiger partial charge in [-0.3, -0.25) is 4.79 Å². The Morgan fingerprint density at radius 2 is 1.37 bits per heavy atom. The first-order chi connectivity index (χ1) is 18.3. The van der Waals surface area contributed by atoms with Gasteiger partial charge >= 0.3 is 5.97 Å². The number of ether oxygens (including phenoxy) is 1. The van der Waals surface area contributed by atoms with Gasteiger partial charge in [-0.15, -0.1) is 0 Å². The molecule has 0 fully saturated rings. The van der Waals surface area contributed by atoms with Crippen molar-refractivity contribution in [1.29, 1.82) is 0 Å². The number of nitrogens with zero attached hydrogens (tertiary/aromatic N) is 3. The Morgan fingerprint density at radius 1 is 0.842 bits per heavy atom. The van der Waals surface area contributed by atoms with Crippen LogP contribution < -0.4 is 20.3 Å². The van der Waals surface area contributed by atoms with Crippen LogP contribution in [0.4, 0.5) is 11.4 Å². The summed E-state index contributed by atoms with van der Waals surface area (Å²) in [7, 11) is 0. The molecule has 8 nitrogen and oxygen atoms in total. The summed E-state index contributed by atoms with van der Waals surface area (Å²) in [6.45, 7) is 11.7. The Labute approximate surface area is 223 Å². The molecule has 0 unspecified atom stereocenters. The third-order valence-corrected chi connectivity index (χ3v) is 7.91. The number of benzene rings is 3. The van der Waals surface area contributed by atoms with Crippen molar-refractivity contribution in [2.75, 3.05) is 42.6 Å². The number of rotatable bonds is 8. The molecule has 1 amide bonds. The van der Waals surface area contributed by atoms with Crippen molar-refractivity contribution in [3.05, 3.63) is 82.4 Å². The highest BCUT2D eigenvalue weighted by Gasteiger charge is 2.56. The van der Waals surface area contributed by atoms with Crippen molar-refractivity contribution >= 4 is 23.3 Å². The standard InChI is InChI=1S/C30H34N4O4/c1-5-32(6-2)20-10-13-23-26(16-20)38-27-17-21(33(7-3)8-4)11-14-24(27)30(23)25-15-19(29(36)37)9-12-22(25)28(35)34(30)18-31/h9-17H,5-8,18,31H2,1-4H3,(H,36,37). The third-order valence-electron chi connectivity index (χ3n) is 7.91. The number of carboxylic acids is 1. The second kappa shape index (κ2) is 9.68. The highest BCUT2D eigenvalue weighted by atomic mass is 16.5. The van der Waals surface area contributed by atoms with Gasteiger partial charge in [-0.05, 0) is 58.0 Å². The molecular formula is C30H34N4O4. The van der Waals surface area contributed by atoms with Gasteiger partial charge in [0.25, 0.3) is 5.91 Å². The number of anilines is 2. The molecule has 0 bridgehead atoms. The molecule has 8 heteroatoms. The van der Waals surface area contributed by atoms with Crippen molar-refractivity contribution in [2.45, 2.75) is 33.2 Å². The molecule has 0 atom stereocenters. The van der Waals surface area contributed by atoms with Crippen molar-refractivity contribution in [1.82, 2.24) is 4.90 Å². The van der Waals surface area contributed by atoms with Gasteiger partial charge in [-0.1, -0.05) is 12.1 Å². The zero-order chi connectivity index (χ0) is 27.2. The number of amides is 1. The maximum absolute atomic E-state index is 13.8. The minimum absolute atomic E-state index is 0.0512. The summed E-state index contributed by atoms with van der Waals surface area (Å²) < 4.78 is 6.60. The van der Waals surface area contributed by atoms with Gasteiger partial charge in [-0.2, -0.15) is 0 Å². The van der Waals surface area contributed by atoms with Crippen molar-refractivity contribution in [2.24, 2.45) is 5.73 Å². The molecule has 2 aliphatic rings. The topological polar surface area (TPSA) is 99.3 Å². The molecule has 2 heterocycles. The summed E-state index contributed by atoms with van der Waals surface area (Å²) in [5.74, 6) is -0.0430. The monoisotopic (exact) mass is 514 g/mol. The molecule has 3 aromatic carbocycles. The first-order valence-electron chi connectivity index (χ1n) is 13.2. The number of fused-ring (bicyclic) bond motifs is 6. The van der Waals surface area contributed by atoms with Gasteiger partial charge in [0.2, 0.25) is 0 Å². The number of hydrogen-bond acceptors (Lipinski definition) is 6. The van der Waals surface area contributed by atoms with Crippen LogP contribution in [-0.4, -0.2) is 54.7 Å². The fourth-order valence-electron chi connectivity index (χ4n) is 6.03. The molecule has 0 radical (unpaired) electrons. The molecule has 0 saturated heterocycles. The molecule has 3 aromatic rings. The third kappa shape index (κ3) is 3.55. The van der Waals surface area contributed by atoms with Gasteiger partial charge < -0.3 is 30.3 Å². The van der Waals surface area contributed by atoms with Gasteiger partial charge in [0, 0.05) is 71.9 Å². The van der Waals surface area contributed by atoms with Crippen LogP contribution in [0.5, 0.6) is 11.5 Å². The van der Waals surface area contributed by atoms with Crippen LogP contribution in [0.2, 0.25) is 0 Å². The van der Waals surface area contributed by atoms with E-state index in [1.807, 2.05) is 36.4 Å². The van der Waals surface area contributed by atoms with Crippen molar-refractivity contribution < 1.29 is 19.4 Å². The quantitative estimate of drug-likeness (QED) is 0.443. The first-order valence-corrected chi connectivity index (χ1v) is 13.2. The summed E-state index contributed by atoms with van der Waals surface area (Å²) in [4.78, 5) is 31.9. The molecular weight excluding hydrogens is 480 g/mol. The SMILES string of the molecule is CCN(CC)c1ccc2c(c1)Oc1cc(N(CC)CC)ccc1C21c2cc(C(=O)O)ccc2C(=O)N1CN. The molecule has 198 valence electrons. The number of nitrogens with two attached hydrogens (primary N) is 1. The Balaban J connectivity index is 1.86. The largest absolute Gasteiger partial charge is 0.478 e. The molecule has 1 spiro atoms. The van der Waals surface area contributed by atoms with Crippen LogP contribution in [0, 0.1) is 0 Å². The summed E-state index contributed by atoms with van der Waals surface area (Å²) in [6, 6.07) is 16.7. The van der Waals surface area contributed by atoms with E-state index in [0.29, 0.717) is 22.6 Å². The van der Waals surface area contributed by atoms with E-state index in [0.717, 1.165) is 48.7 Å². The second-order valence-electron chi connectivity index (χ2n) is 9.50. The fraction of sp³-hybridized carbons (Fsp3) is 0.333. The van der Waals surface area contributed by atoms with Crippen LogP contribution >= 0.6 is 0 Å². The lowest BCUT2D eigenvalue weighted by atomic mass is 9.74. The van der Waals surface area contributed by atoms with Crippen molar-refractivity contribution in [3.63, 3.8) is 0 Å². The molecule has 38 heavy (non-hydrogen) atoms. The van der Waals surface area contributed by atoms with Gasteiger partial charge in [0.15, 0.2) is 0 Å². The van der Waals surface area contributed by atoms with E-state index in [1.54, 1.807) is 17.0 Å². The lowest BCUT2D eigenvalue weighted by Gasteiger charge is -2.44. The van der Waals surface area contributed by atoms with Crippen LogP contribution in [0.3, 0.4) is 0 Å². The van der Waals surface area contributed by atoms with Crippen LogP contribution in [0.15, 0.2) is 54.6 Å². The number of carbonyl (C=O) groups is 2. The summed E-state index contributed by atoms with van der Waals surface area (Å²) in [5.41, 5.74) is 9.87. The molecule has 2 aliphatic heterocycles. The van der Waals surface area contributed by atoms with E-state index < -0.39 is 11.5 Å². The van der Waals surface area contributed by atoms with Crippen molar-refractivity contribution in [3.8, 4) is 11.5 Å². The lowest BCUT2D eigenvalue weighted by Crippen LogP contribution is -2.49.